The number of amides is 1. The summed E-state index contributed by atoms with van der Waals surface area (Å²) in [4.78, 5) is 28.8. The van der Waals surface area contributed by atoms with Crippen LogP contribution in [0, 0.1) is 0 Å². The Balaban J connectivity index is 1.49. The molecule has 136 valence electrons. The van der Waals surface area contributed by atoms with Crippen molar-refractivity contribution in [1.29, 1.82) is 0 Å². The molecule has 0 aliphatic heterocycles. The Morgan fingerprint density at radius 2 is 2.12 bits per heavy atom. The minimum atomic E-state index is -2.89. The van der Waals surface area contributed by atoms with Gasteiger partial charge in [-0.3, -0.25) is 14.0 Å². The zero-order valence-corrected chi connectivity index (χ0v) is 14.9. The number of nitrogens with zero attached hydrogens (tertiary/aromatic N) is 2. The van der Waals surface area contributed by atoms with Crippen LogP contribution in [0.5, 0.6) is 5.75 Å². The van der Waals surface area contributed by atoms with Crippen LogP contribution in [0.25, 0.3) is 4.96 Å². The van der Waals surface area contributed by atoms with Gasteiger partial charge in [0.1, 0.15) is 5.75 Å². The van der Waals surface area contributed by atoms with Crippen LogP contribution in [0.1, 0.15) is 5.69 Å². The van der Waals surface area contributed by atoms with E-state index in [1.165, 1.54) is 57.8 Å². The van der Waals surface area contributed by atoms with Crippen molar-refractivity contribution in [2.75, 3.05) is 11.1 Å². The zero-order valence-electron chi connectivity index (χ0n) is 13.2. The van der Waals surface area contributed by atoms with E-state index in [4.69, 9.17) is 0 Å². The minimum Gasteiger partial charge on any atom is -0.435 e. The van der Waals surface area contributed by atoms with E-state index in [0.29, 0.717) is 22.1 Å². The summed E-state index contributed by atoms with van der Waals surface area (Å²) in [6.45, 7) is -2.89. The van der Waals surface area contributed by atoms with Gasteiger partial charge in [-0.25, -0.2) is 4.98 Å². The highest BCUT2D eigenvalue weighted by Crippen LogP contribution is 2.18. The van der Waals surface area contributed by atoms with Gasteiger partial charge in [0, 0.05) is 29.1 Å². The Morgan fingerprint density at radius 3 is 2.85 bits per heavy atom. The SMILES string of the molecule is O=C(CSCc1cc(=O)n2ccsc2n1)Nc1ccc(OC(F)F)cc1. The van der Waals surface area contributed by atoms with E-state index in [2.05, 4.69) is 15.0 Å². The lowest BCUT2D eigenvalue weighted by molar-refractivity contribution is -0.113. The summed E-state index contributed by atoms with van der Waals surface area (Å²) >= 11 is 2.69. The van der Waals surface area contributed by atoms with Crippen LogP contribution in [0.3, 0.4) is 0 Å². The third-order valence-electron chi connectivity index (χ3n) is 3.20. The number of alkyl halides is 2. The number of hydrogen-bond donors (Lipinski definition) is 1. The van der Waals surface area contributed by atoms with Crippen LogP contribution in [-0.4, -0.2) is 27.7 Å². The van der Waals surface area contributed by atoms with E-state index in [9.17, 15) is 18.4 Å². The molecule has 6 nitrogen and oxygen atoms in total. The van der Waals surface area contributed by atoms with Gasteiger partial charge in [0.05, 0.1) is 11.4 Å². The van der Waals surface area contributed by atoms with Crippen molar-refractivity contribution in [2.24, 2.45) is 0 Å². The van der Waals surface area contributed by atoms with E-state index in [-0.39, 0.29) is 23.0 Å². The summed E-state index contributed by atoms with van der Waals surface area (Å²) in [7, 11) is 0. The molecule has 0 bridgehead atoms. The van der Waals surface area contributed by atoms with E-state index in [1.807, 2.05) is 0 Å². The monoisotopic (exact) mass is 397 g/mol. The average molecular weight is 397 g/mol. The maximum Gasteiger partial charge on any atom is 0.387 e. The summed E-state index contributed by atoms with van der Waals surface area (Å²) in [5.74, 6) is 0.374. The van der Waals surface area contributed by atoms with E-state index < -0.39 is 6.61 Å². The van der Waals surface area contributed by atoms with Crippen LogP contribution in [-0.2, 0) is 10.5 Å². The van der Waals surface area contributed by atoms with Gasteiger partial charge in [-0.15, -0.1) is 23.1 Å². The fraction of sp³-hybridized carbons (Fsp3) is 0.188. The van der Waals surface area contributed by atoms with Gasteiger partial charge in [0.25, 0.3) is 5.56 Å². The van der Waals surface area contributed by atoms with Crippen molar-refractivity contribution in [3.63, 3.8) is 0 Å². The molecule has 2 aromatic heterocycles. The lowest BCUT2D eigenvalue weighted by Crippen LogP contribution is -2.15. The number of carbonyl (C=O) groups is 1. The zero-order chi connectivity index (χ0) is 18.5. The van der Waals surface area contributed by atoms with Crippen LogP contribution in [0.15, 0.2) is 46.7 Å². The van der Waals surface area contributed by atoms with E-state index in [1.54, 1.807) is 11.6 Å². The number of hydrogen-bond acceptors (Lipinski definition) is 6. The average Bonchev–Trinajstić information content (AvgIpc) is 3.05. The van der Waals surface area contributed by atoms with Crippen molar-refractivity contribution >= 4 is 39.7 Å². The van der Waals surface area contributed by atoms with Crippen molar-refractivity contribution in [2.45, 2.75) is 12.4 Å². The van der Waals surface area contributed by atoms with Crippen LogP contribution < -0.4 is 15.6 Å². The van der Waals surface area contributed by atoms with Crippen LogP contribution in [0.4, 0.5) is 14.5 Å². The third kappa shape index (κ3) is 4.79. The number of nitrogens with one attached hydrogen (secondary N) is 1. The Morgan fingerprint density at radius 1 is 1.35 bits per heavy atom. The highest BCUT2D eigenvalue weighted by atomic mass is 32.2. The molecule has 0 spiro atoms. The normalized spacial score (nSPS) is 11.0. The second-order valence-electron chi connectivity index (χ2n) is 5.09. The van der Waals surface area contributed by atoms with Crippen LogP contribution >= 0.6 is 23.1 Å². The second kappa shape index (κ2) is 8.28. The van der Waals surface area contributed by atoms with Gasteiger partial charge in [0.15, 0.2) is 4.96 Å². The number of thiazole rings is 1. The molecule has 3 aromatic rings. The first kappa shape index (κ1) is 18.3. The fourth-order valence-electron chi connectivity index (χ4n) is 2.13. The molecule has 1 N–H and O–H groups in total. The van der Waals surface area contributed by atoms with Crippen molar-refractivity contribution in [3.8, 4) is 5.75 Å². The standard InChI is InChI=1S/C16H13F2N3O3S2/c17-15(18)24-12-3-1-10(2-4-12)19-13(22)9-25-8-11-7-14(23)21-5-6-26-16(21)20-11/h1-7,15H,8-9H2,(H,19,22). The van der Waals surface area contributed by atoms with Gasteiger partial charge in [-0.1, -0.05) is 0 Å². The molecule has 0 unspecified atom stereocenters. The number of fused-ring (bicyclic) bond motifs is 1. The van der Waals surface area contributed by atoms with Crippen molar-refractivity contribution < 1.29 is 18.3 Å². The number of halogens is 2. The first-order valence-corrected chi connectivity index (χ1v) is 9.43. The van der Waals surface area contributed by atoms with Crippen LogP contribution in [0.2, 0.25) is 0 Å². The number of ether oxygens (including phenoxy) is 1. The maximum absolute atomic E-state index is 12.1. The quantitative estimate of drug-likeness (QED) is 0.663. The summed E-state index contributed by atoms with van der Waals surface area (Å²) in [6, 6.07) is 7.11. The molecule has 0 saturated carbocycles. The van der Waals surface area contributed by atoms with Crippen molar-refractivity contribution in [1.82, 2.24) is 9.38 Å². The van der Waals surface area contributed by atoms with Gasteiger partial charge in [-0.2, -0.15) is 8.78 Å². The van der Waals surface area contributed by atoms with E-state index in [0.717, 1.165) is 0 Å². The molecule has 1 amide bonds. The topological polar surface area (TPSA) is 72.7 Å². The highest BCUT2D eigenvalue weighted by molar-refractivity contribution is 7.99. The molecule has 2 heterocycles. The molecule has 26 heavy (non-hydrogen) atoms. The Kier molecular flexibility index (Phi) is 5.84. The Hall–Kier alpha value is -2.46. The maximum atomic E-state index is 12.1. The summed E-state index contributed by atoms with van der Waals surface area (Å²) in [6.07, 6.45) is 1.66. The fourth-order valence-corrected chi connectivity index (χ4v) is 3.58. The molecule has 10 heteroatoms. The number of carbonyl (C=O) groups excluding carboxylic acids is 1. The predicted octanol–water partition coefficient (Wildman–Crippen LogP) is 3.23. The van der Waals surface area contributed by atoms with Gasteiger partial charge < -0.3 is 10.1 Å². The van der Waals surface area contributed by atoms with Gasteiger partial charge in [-0.05, 0) is 24.3 Å². The number of rotatable bonds is 7. The first-order valence-electron chi connectivity index (χ1n) is 7.39. The summed E-state index contributed by atoms with van der Waals surface area (Å²) in [5, 5.41) is 4.44. The largest absolute Gasteiger partial charge is 0.435 e. The smallest absolute Gasteiger partial charge is 0.387 e. The molecule has 1 aromatic carbocycles. The Bertz CT molecular complexity index is 957. The number of aromatic nitrogens is 2. The lowest BCUT2D eigenvalue weighted by atomic mass is 10.3. The molecule has 0 aliphatic rings. The molecule has 0 aliphatic carbocycles. The van der Waals surface area contributed by atoms with Gasteiger partial charge in [0.2, 0.25) is 5.91 Å². The van der Waals surface area contributed by atoms with Gasteiger partial charge >= 0.3 is 6.61 Å². The number of thioether (sulfide) groups is 1. The van der Waals surface area contributed by atoms with E-state index >= 15 is 0 Å². The van der Waals surface area contributed by atoms with Crippen molar-refractivity contribution in [3.05, 3.63) is 58.0 Å². The molecular formula is C16H13F2N3O3S2. The molecule has 0 saturated heterocycles. The second-order valence-corrected chi connectivity index (χ2v) is 6.94. The highest BCUT2D eigenvalue weighted by Gasteiger charge is 2.08. The third-order valence-corrected chi connectivity index (χ3v) is 4.93. The molecular weight excluding hydrogens is 384 g/mol. The number of anilines is 1. The molecule has 0 radical (unpaired) electrons. The predicted molar refractivity (Wildman–Crippen MR) is 97.2 cm³/mol. The molecule has 0 atom stereocenters. The molecule has 3 rings (SSSR count). The number of benzene rings is 1. The summed E-state index contributed by atoms with van der Waals surface area (Å²) < 4.78 is 29.9. The first-order chi connectivity index (χ1) is 12.5. The molecule has 0 fully saturated rings. The summed E-state index contributed by atoms with van der Waals surface area (Å²) in [5.41, 5.74) is 0.944. The minimum absolute atomic E-state index is 0.0219. The lowest BCUT2D eigenvalue weighted by Gasteiger charge is -2.07. The Labute approximate surface area is 154 Å².